The molecular weight excluding hydrogens is 192 g/mol. The van der Waals surface area contributed by atoms with Crippen molar-refractivity contribution in [1.82, 2.24) is 0 Å². The summed E-state index contributed by atoms with van der Waals surface area (Å²) in [7, 11) is 0. The van der Waals surface area contributed by atoms with E-state index in [1.807, 2.05) is 24.4 Å². The van der Waals surface area contributed by atoms with Gasteiger partial charge in [-0.3, -0.25) is 0 Å². The zero-order chi connectivity index (χ0) is 10.1. The van der Waals surface area contributed by atoms with Gasteiger partial charge in [-0.2, -0.15) is 10.5 Å². The summed E-state index contributed by atoms with van der Waals surface area (Å²) in [5.74, 6) is 0. The Labute approximate surface area is 85.6 Å². The molecule has 0 aliphatic rings. The van der Waals surface area contributed by atoms with E-state index in [9.17, 15) is 0 Å². The van der Waals surface area contributed by atoms with Crippen LogP contribution in [0.2, 0.25) is 0 Å². The Morgan fingerprint density at radius 3 is 2.57 bits per heavy atom. The van der Waals surface area contributed by atoms with E-state index >= 15 is 0 Å². The standard InChI is InChI=1S/C11H6N2S/c1-7-4-11-8(2-3-14-11)10(6-13)9(7)5-12/h2-4H,1H3. The first-order chi connectivity index (χ1) is 6.77. The Kier molecular flexibility index (Phi) is 1.96. The van der Waals surface area contributed by atoms with Gasteiger partial charge in [-0.15, -0.1) is 11.3 Å². The monoisotopic (exact) mass is 198 g/mol. The fourth-order valence-corrected chi connectivity index (χ4v) is 2.39. The van der Waals surface area contributed by atoms with E-state index in [1.54, 1.807) is 11.3 Å². The van der Waals surface area contributed by atoms with Crippen LogP contribution in [0, 0.1) is 29.6 Å². The van der Waals surface area contributed by atoms with Crippen LogP contribution in [0.5, 0.6) is 0 Å². The van der Waals surface area contributed by atoms with Gasteiger partial charge in [0.2, 0.25) is 0 Å². The molecule has 1 aromatic carbocycles. The van der Waals surface area contributed by atoms with E-state index in [-0.39, 0.29) is 0 Å². The SMILES string of the molecule is Cc1cc2sccc2c(C#N)c1C#N. The van der Waals surface area contributed by atoms with Crippen molar-refractivity contribution < 1.29 is 0 Å². The molecule has 0 radical (unpaired) electrons. The summed E-state index contributed by atoms with van der Waals surface area (Å²) in [6, 6.07) is 8.02. The van der Waals surface area contributed by atoms with Gasteiger partial charge < -0.3 is 0 Å². The van der Waals surface area contributed by atoms with Crippen molar-refractivity contribution in [3.63, 3.8) is 0 Å². The van der Waals surface area contributed by atoms with Crippen LogP contribution in [-0.4, -0.2) is 0 Å². The molecule has 0 atom stereocenters. The molecule has 0 saturated heterocycles. The minimum atomic E-state index is 0.499. The van der Waals surface area contributed by atoms with Crippen molar-refractivity contribution >= 4 is 21.4 Å². The summed E-state index contributed by atoms with van der Waals surface area (Å²) in [5, 5.41) is 20.7. The number of hydrogen-bond acceptors (Lipinski definition) is 3. The Balaban J connectivity index is 3.00. The van der Waals surface area contributed by atoms with Crippen LogP contribution in [0.4, 0.5) is 0 Å². The molecule has 0 fully saturated rings. The van der Waals surface area contributed by atoms with E-state index in [1.165, 1.54) is 0 Å². The molecule has 0 N–H and O–H groups in total. The fraction of sp³-hybridized carbons (Fsp3) is 0.0909. The summed E-state index contributed by atoms with van der Waals surface area (Å²) in [6.07, 6.45) is 0. The van der Waals surface area contributed by atoms with Gasteiger partial charge in [0.15, 0.2) is 0 Å². The number of thiophene rings is 1. The predicted octanol–water partition coefficient (Wildman–Crippen LogP) is 2.95. The van der Waals surface area contributed by atoms with E-state index in [0.717, 1.165) is 15.6 Å². The molecule has 0 unspecified atom stereocenters. The number of nitrogens with zero attached hydrogens (tertiary/aromatic N) is 2. The van der Waals surface area contributed by atoms with Crippen LogP contribution in [-0.2, 0) is 0 Å². The second kappa shape index (κ2) is 3.14. The fourth-order valence-electron chi connectivity index (χ4n) is 1.50. The molecule has 1 heterocycles. The molecule has 0 bridgehead atoms. The Hall–Kier alpha value is -1.84. The maximum Gasteiger partial charge on any atom is 0.101 e. The van der Waals surface area contributed by atoms with Crippen molar-refractivity contribution in [2.45, 2.75) is 6.92 Å². The van der Waals surface area contributed by atoms with Crippen LogP contribution < -0.4 is 0 Å². The Morgan fingerprint density at radius 1 is 1.21 bits per heavy atom. The lowest BCUT2D eigenvalue weighted by molar-refractivity contribution is 1.39. The van der Waals surface area contributed by atoms with Crippen LogP contribution in [0.1, 0.15) is 16.7 Å². The maximum absolute atomic E-state index is 8.99. The first-order valence-electron chi connectivity index (χ1n) is 4.09. The third-order valence-electron chi connectivity index (χ3n) is 2.18. The number of rotatable bonds is 0. The number of hydrogen-bond donors (Lipinski definition) is 0. The highest BCUT2D eigenvalue weighted by molar-refractivity contribution is 7.17. The molecule has 0 aliphatic heterocycles. The highest BCUT2D eigenvalue weighted by Gasteiger charge is 2.10. The first-order valence-corrected chi connectivity index (χ1v) is 4.97. The lowest BCUT2D eigenvalue weighted by atomic mass is 10.0. The van der Waals surface area contributed by atoms with Gasteiger partial charge in [-0.25, -0.2) is 0 Å². The largest absolute Gasteiger partial charge is 0.192 e. The molecule has 0 aliphatic carbocycles. The molecule has 66 valence electrons. The second-order valence-electron chi connectivity index (χ2n) is 3.00. The third kappa shape index (κ3) is 1.08. The molecule has 0 saturated carbocycles. The van der Waals surface area contributed by atoms with Crippen LogP contribution in [0.15, 0.2) is 17.5 Å². The molecular formula is C11H6N2S. The van der Waals surface area contributed by atoms with Crippen LogP contribution in [0.3, 0.4) is 0 Å². The minimum Gasteiger partial charge on any atom is -0.192 e. The average Bonchev–Trinajstić information content (AvgIpc) is 2.62. The summed E-state index contributed by atoms with van der Waals surface area (Å²) < 4.78 is 1.07. The lowest BCUT2D eigenvalue weighted by Gasteiger charge is -2.00. The summed E-state index contributed by atoms with van der Waals surface area (Å²) >= 11 is 1.59. The normalized spacial score (nSPS) is 9.64. The number of fused-ring (bicyclic) bond motifs is 1. The van der Waals surface area contributed by atoms with Crippen molar-refractivity contribution in [1.29, 1.82) is 10.5 Å². The average molecular weight is 198 g/mol. The highest BCUT2D eigenvalue weighted by Crippen LogP contribution is 2.28. The first kappa shape index (κ1) is 8.74. The molecule has 3 heteroatoms. The van der Waals surface area contributed by atoms with Crippen LogP contribution in [0.25, 0.3) is 10.1 Å². The molecule has 0 spiro atoms. The predicted molar refractivity (Wildman–Crippen MR) is 56.0 cm³/mol. The van der Waals surface area contributed by atoms with Gasteiger partial charge >= 0.3 is 0 Å². The zero-order valence-corrected chi connectivity index (χ0v) is 8.35. The molecule has 2 rings (SSSR count). The summed E-state index contributed by atoms with van der Waals surface area (Å²) in [4.78, 5) is 0. The molecule has 2 nitrogen and oxygen atoms in total. The van der Waals surface area contributed by atoms with Crippen LogP contribution >= 0.6 is 11.3 Å². The number of benzene rings is 1. The van der Waals surface area contributed by atoms with Crippen molar-refractivity contribution in [3.8, 4) is 12.1 Å². The summed E-state index contributed by atoms with van der Waals surface area (Å²) in [5.41, 5.74) is 1.88. The third-order valence-corrected chi connectivity index (χ3v) is 3.04. The molecule has 1 aromatic heterocycles. The van der Waals surface area contributed by atoms with E-state index in [2.05, 4.69) is 12.1 Å². The highest BCUT2D eigenvalue weighted by atomic mass is 32.1. The van der Waals surface area contributed by atoms with Gasteiger partial charge in [-0.05, 0) is 30.0 Å². The van der Waals surface area contributed by atoms with Crippen molar-refractivity contribution in [2.75, 3.05) is 0 Å². The van der Waals surface area contributed by atoms with Crippen molar-refractivity contribution in [3.05, 3.63) is 34.2 Å². The quantitative estimate of drug-likeness (QED) is 0.653. The molecule has 14 heavy (non-hydrogen) atoms. The Morgan fingerprint density at radius 2 is 1.93 bits per heavy atom. The lowest BCUT2D eigenvalue weighted by Crippen LogP contribution is -1.88. The van der Waals surface area contributed by atoms with E-state index < -0.39 is 0 Å². The zero-order valence-electron chi connectivity index (χ0n) is 7.53. The van der Waals surface area contributed by atoms with Gasteiger partial charge in [0.05, 0.1) is 11.1 Å². The van der Waals surface area contributed by atoms with Gasteiger partial charge in [-0.1, -0.05) is 0 Å². The summed E-state index contributed by atoms with van der Waals surface area (Å²) in [6.45, 7) is 1.86. The number of aryl methyl sites for hydroxylation is 1. The maximum atomic E-state index is 8.99. The topological polar surface area (TPSA) is 47.6 Å². The molecule has 0 amide bonds. The van der Waals surface area contributed by atoms with Crippen molar-refractivity contribution in [2.24, 2.45) is 0 Å². The number of nitriles is 2. The second-order valence-corrected chi connectivity index (χ2v) is 3.95. The van der Waals surface area contributed by atoms with Gasteiger partial charge in [0.25, 0.3) is 0 Å². The van der Waals surface area contributed by atoms with E-state index in [0.29, 0.717) is 11.1 Å². The smallest absolute Gasteiger partial charge is 0.101 e. The Bertz CT molecular complexity index is 582. The molecule has 2 aromatic rings. The van der Waals surface area contributed by atoms with E-state index in [4.69, 9.17) is 10.5 Å². The minimum absolute atomic E-state index is 0.499. The van der Waals surface area contributed by atoms with Gasteiger partial charge in [0, 0.05) is 10.1 Å². The van der Waals surface area contributed by atoms with Gasteiger partial charge in [0.1, 0.15) is 12.1 Å².